The lowest BCUT2D eigenvalue weighted by Gasteiger charge is -2.36. The maximum Gasteiger partial charge on any atom is 0.229 e. The number of aromatic nitrogens is 2. The largest absolute Gasteiger partial charge is 0.478 e. The molecule has 1 atom stereocenters. The third-order valence-corrected chi connectivity index (χ3v) is 3.80. The average molecular weight is 284 g/mol. The molecule has 3 rings (SSSR count). The van der Waals surface area contributed by atoms with Crippen molar-refractivity contribution >= 4 is 5.95 Å². The number of hydrogen-bond donors (Lipinski definition) is 1. The Morgan fingerprint density at radius 3 is 3.00 bits per heavy atom. The molecule has 0 saturated heterocycles. The Hall–Kier alpha value is -2.14. The molecule has 0 saturated carbocycles. The molecular weight excluding hydrogens is 264 g/mol. The van der Waals surface area contributed by atoms with Gasteiger partial charge in [-0.15, -0.1) is 0 Å². The first kappa shape index (κ1) is 13.8. The Morgan fingerprint density at radius 2 is 2.19 bits per heavy atom. The lowest BCUT2D eigenvalue weighted by atomic mass is 9.93. The molecule has 2 aromatic rings. The van der Waals surface area contributed by atoms with E-state index in [4.69, 9.17) is 10.5 Å². The van der Waals surface area contributed by atoms with Crippen LogP contribution in [0, 0.1) is 0 Å². The van der Waals surface area contributed by atoms with Crippen LogP contribution in [0.3, 0.4) is 0 Å². The highest BCUT2D eigenvalue weighted by atomic mass is 16.5. The second-order valence-electron chi connectivity index (χ2n) is 5.02. The maximum atomic E-state index is 6.01. The maximum absolute atomic E-state index is 6.01. The van der Waals surface area contributed by atoms with Gasteiger partial charge < -0.3 is 15.4 Å². The van der Waals surface area contributed by atoms with Crippen LogP contribution < -0.4 is 15.4 Å². The summed E-state index contributed by atoms with van der Waals surface area (Å²) < 4.78 is 5.47. The fourth-order valence-corrected chi connectivity index (χ4v) is 2.84. The zero-order valence-corrected chi connectivity index (χ0v) is 12.2. The van der Waals surface area contributed by atoms with Crippen molar-refractivity contribution < 1.29 is 4.74 Å². The van der Waals surface area contributed by atoms with Gasteiger partial charge in [0.05, 0.1) is 12.6 Å². The second-order valence-corrected chi connectivity index (χ2v) is 5.02. The zero-order chi connectivity index (χ0) is 14.7. The molecule has 1 aliphatic rings. The SMILES string of the molecule is CCOc1ccnc(N2CCc3ccccc3C2CN)n1. The van der Waals surface area contributed by atoms with Crippen molar-refractivity contribution in [2.75, 3.05) is 24.6 Å². The molecule has 1 unspecified atom stereocenters. The van der Waals surface area contributed by atoms with Crippen LogP contribution in [-0.2, 0) is 6.42 Å². The third kappa shape index (κ3) is 2.69. The van der Waals surface area contributed by atoms with E-state index in [0.29, 0.717) is 25.0 Å². The van der Waals surface area contributed by atoms with Gasteiger partial charge in [0.1, 0.15) is 0 Å². The summed E-state index contributed by atoms with van der Waals surface area (Å²) in [6.07, 6.45) is 2.72. The van der Waals surface area contributed by atoms with Crippen LogP contribution in [0.1, 0.15) is 24.1 Å². The summed E-state index contributed by atoms with van der Waals surface area (Å²) in [7, 11) is 0. The Balaban J connectivity index is 1.94. The van der Waals surface area contributed by atoms with Crippen molar-refractivity contribution in [1.29, 1.82) is 0 Å². The molecule has 0 amide bonds. The summed E-state index contributed by atoms with van der Waals surface area (Å²) in [5, 5.41) is 0. The molecule has 1 aromatic heterocycles. The predicted octanol–water partition coefficient (Wildman–Crippen LogP) is 1.94. The molecule has 2 heterocycles. The molecular formula is C16H20N4O. The van der Waals surface area contributed by atoms with E-state index in [0.717, 1.165) is 13.0 Å². The Morgan fingerprint density at radius 1 is 1.33 bits per heavy atom. The van der Waals surface area contributed by atoms with Gasteiger partial charge in [-0.3, -0.25) is 0 Å². The van der Waals surface area contributed by atoms with Gasteiger partial charge in [-0.1, -0.05) is 24.3 Å². The molecule has 1 aromatic carbocycles. The van der Waals surface area contributed by atoms with Crippen LogP contribution >= 0.6 is 0 Å². The standard InChI is InChI=1S/C16H20N4O/c1-2-21-15-7-9-18-16(19-15)20-10-8-12-5-3-4-6-13(12)14(20)11-17/h3-7,9,14H,2,8,10-11,17H2,1H3. The van der Waals surface area contributed by atoms with E-state index in [9.17, 15) is 0 Å². The van der Waals surface area contributed by atoms with E-state index in [2.05, 4.69) is 39.1 Å². The number of ether oxygens (including phenoxy) is 1. The molecule has 0 radical (unpaired) electrons. The third-order valence-electron chi connectivity index (χ3n) is 3.80. The Labute approximate surface area is 124 Å². The van der Waals surface area contributed by atoms with Crippen LogP contribution in [0.25, 0.3) is 0 Å². The lowest BCUT2D eigenvalue weighted by Crippen LogP contribution is -2.40. The number of anilines is 1. The first-order chi connectivity index (χ1) is 10.3. The van der Waals surface area contributed by atoms with Gasteiger partial charge in [0.25, 0.3) is 0 Å². The van der Waals surface area contributed by atoms with E-state index >= 15 is 0 Å². The summed E-state index contributed by atoms with van der Waals surface area (Å²) in [4.78, 5) is 11.1. The molecule has 110 valence electrons. The van der Waals surface area contributed by atoms with E-state index in [1.807, 2.05) is 6.92 Å². The van der Waals surface area contributed by atoms with Gasteiger partial charge in [0, 0.05) is 25.4 Å². The Kier molecular flexibility index (Phi) is 4.01. The van der Waals surface area contributed by atoms with E-state index in [-0.39, 0.29) is 6.04 Å². The molecule has 0 aliphatic carbocycles. The van der Waals surface area contributed by atoms with Crippen LogP contribution in [0.4, 0.5) is 5.95 Å². The monoisotopic (exact) mass is 284 g/mol. The van der Waals surface area contributed by atoms with Crippen molar-refractivity contribution in [3.8, 4) is 5.88 Å². The van der Waals surface area contributed by atoms with Crippen LogP contribution in [-0.4, -0.2) is 29.7 Å². The lowest BCUT2D eigenvalue weighted by molar-refractivity contribution is 0.326. The van der Waals surface area contributed by atoms with Gasteiger partial charge >= 0.3 is 0 Å². The van der Waals surface area contributed by atoms with Crippen LogP contribution in [0.5, 0.6) is 5.88 Å². The number of rotatable bonds is 4. The van der Waals surface area contributed by atoms with Crippen molar-refractivity contribution in [2.24, 2.45) is 5.73 Å². The van der Waals surface area contributed by atoms with E-state index in [1.54, 1.807) is 12.3 Å². The fraction of sp³-hybridized carbons (Fsp3) is 0.375. The smallest absolute Gasteiger partial charge is 0.229 e. The van der Waals surface area contributed by atoms with Crippen molar-refractivity contribution in [3.63, 3.8) is 0 Å². The number of hydrogen-bond acceptors (Lipinski definition) is 5. The summed E-state index contributed by atoms with van der Waals surface area (Å²) in [5.41, 5.74) is 8.65. The highest BCUT2D eigenvalue weighted by molar-refractivity contribution is 5.44. The van der Waals surface area contributed by atoms with Gasteiger partial charge in [0.15, 0.2) is 0 Å². The quantitative estimate of drug-likeness (QED) is 0.929. The summed E-state index contributed by atoms with van der Waals surface area (Å²) in [6, 6.07) is 10.4. The molecule has 21 heavy (non-hydrogen) atoms. The van der Waals surface area contributed by atoms with Gasteiger partial charge in [-0.05, 0) is 24.5 Å². The van der Waals surface area contributed by atoms with Gasteiger partial charge in [0.2, 0.25) is 11.8 Å². The van der Waals surface area contributed by atoms with Crippen LogP contribution in [0.15, 0.2) is 36.5 Å². The first-order valence-electron chi connectivity index (χ1n) is 7.34. The Bertz CT molecular complexity index is 617. The number of nitrogens with two attached hydrogens (primary N) is 1. The minimum absolute atomic E-state index is 0.117. The normalized spacial score (nSPS) is 17.4. The minimum atomic E-state index is 0.117. The van der Waals surface area contributed by atoms with E-state index < -0.39 is 0 Å². The average Bonchev–Trinajstić information content (AvgIpc) is 2.54. The highest BCUT2D eigenvalue weighted by Gasteiger charge is 2.27. The molecule has 1 aliphatic heterocycles. The fourth-order valence-electron chi connectivity index (χ4n) is 2.84. The van der Waals surface area contributed by atoms with Gasteiger partial charge in [-0.2, -0.15) is 4.98 Å². The topological polar surface area (TPSA) is 64.3 Å². The molecule has 0 bridgehead atoms. The molecule has 2 N–H and O–H groups in total. The summed E-state index contributed by atoms with van der Waals surface area (Å²) >= 11 is 0. The van der Waals surface area contributed by atoms with Crippen molar-refractivity contribution in [1.82, 2.24) is 9.97 Å². The van der Waals surface area contributed by atoms with Gasteiger partial charge in [-0.25, -0.2) is 4.98 Å². The van der Waals surface area contributed by atoms with E-state index in [1.165, 1.54) is 11.1 Å². The molecule has 0 fully saturated rings. The summed E-state index contributed by atoms with van der Waals surface area (Å²) in [6.45, 7) is 3.95. The highest BCUT2D eigenvalue weighted by Crippen LogP contribution is 2.31. The second kappa shape index (κ2) is 6.10. The first-order valence-corrected chi connectivity index (χ1v) is 7.34. The number of fused-ring (bicyclic) bond motifs is 1. The molecule has 5 heteroatoms. The number of benzene rings is 1. The predicted molar refractivity (Wildman–Crippen MR) is 82.5 cm³/mol. The molecule has 5 nitrogen and oxygen atoms in total. The summed E-state index contributed by atoms with van der Waals surface area (Å²) in [5.74, 6) is 1.29. The number of nitrogens with zero attached hydrogens (tertiary/aromatic N) is 3. The van der Waals surface area contributed by atoms with Crippen molar-refractivity contribution in [3.05, 3.63) is 47.7 Å². The van der Waals surface area contributed by atoms with Crippen molar-refractivity contribution in [2.45, 2.75) is 19.4 Å². The van der Waals surface area contributed by atoms with Crippen LogP contribution in [0.2, 0.25) is 0 Å². The minimum Gasteiger partial charge on any atom is -0.478 e. The zero-order valence-electron chi connectivity index (χ0n) is 12.2. The molecule has 0 spiro atoms.